The summed E-state index contributed by atoms with van der Waals surface area (Å²) >= 11 is 3.47. The number of nitrogens with zero attached hydrogens (tertiary/aromatic N) is 1. The fourth-order valence-corrected chi connectivity index (χ4v) is 2.90. The highest BCUT2D eigenvalue weighted by molar-refractivity contribution is 9.10. The first-order valence-electron chi connectivity index (χ1n) is 7.05. The minimum Gasteiger partial charge on any atom is -0.490 e. The van der Waals surface area contributed by atoms with Crippen LogP contribution in [-0.2, 0) is 0 Å². The first-order valence-corrected chi connectivity index (χ1v) is 7.85. The van der Waals surface area contributed by atoms with Crippen LogP contribution in [-0.4, -0.2) is 37.1 Å². The highest BCUT2D eigenvalue weighted by Gasteiger charge is 2.22. The monoisotopic (exact) mass is 341 g/mol. The Hall–Kier alpha value is -1.23. The summed E-state index contributed by atoms with van der Waals surface area (Å²) < 4.78 is 11.9. The van der Waals surface area contributed by atoms with Gasteiger partial charge in [0.15, 0.2) is 11.5 Å². The smallest absolute Gasteiger partial charge is 0.254 e. The third-order valence-corrected chi connectivity index (χ3v) is 3.83. The van der Waals surface area contributed by atoms with Crippen LogP contribution in [0.3, 0.4) is 0 Å². The van der Waals surface area contributed by atoms with Crippen molar-refractivity contribution in [2.75, 3.05) is 26.3 Å². The van der Waals surface area contributed by atoms with Crippen molar-refractivity contribution >= 4 is 21.8 Å². The maximum absolute atomic E-state index is 12.4. The summed E-state index contributed by atoms with van der Waals surface area (Å²) in [5.41, 5.74) is 0.644. The molecule has 2 rings (SSSR count). The largest absolute Gasteiger partial charge is 0.490 e. The summed E-state index contributed by atoms with van der Waals surface area (Å²) in [4.78, 5) is 14.3. The molecule has 20 heavy (non-hydrogen) atoms. The van der Waals surface area contributed by atoms with Crippen LogP contribution in [0, 0.1) is 0 Å². The number of carbonyl (C=O) groups is 1. The van der Waals surface area contributed by atoms with Crippen molar-refractivity contribution in [3.63, 3.8) is 0 Å². The standard InChI is InChI=1S/C15H20BrNO3/c1-3-19-13-10-11(9-12(16)14(13)20-4-2)15(18)17-7-5-6-8-17/h9-10H,3-8H2,1-2H3. The van der Waals surface area contributed by atoms with E-state index in [1.165, 1.54) is 0 Å². The zero-order valence-corrected chi connectivity index (χ0v) is 13.5. The van der Waals surface area contributed by atoms with Crippen LogP contribution >= 0.6 is 15.9 Å². The zero-order chi connectivity index (χ0) is 14.5. The Morgan fingerprint density at radius 2 is 1.85 bits per heavy atom. The van der Waals surface area contributed by atoms with E-state index in [1.807, 2.05) is 24.8 Å². The van der Waals surface area contributed by atoms with Gasteiger partial charge in [-0.05, 0) is 54.8 Å². The molecule has 0 N–H and O–H groups in total. The maximum Gasteiger partial charge on any atom is 0.254 e. The number of ether oxygens (including phenoxy) is 2. The van der Waals surface area contributed by atoms with Gasteiger partial charge in [0.25, 0.3) is 5.91 Å². The van der Waals surface area contributed by atoms with Gasteiger partial charge in [-0.2, -0.15) is 0 Å². The predicted molar refractivity (Wildman–Crippen MR) is 81.6 cm³/mol. The Morgan fingerprint density at radius 1 is 1.20 bits per heavy atom. The number of likely N-dealkylation sites (tertiary alicyclic amines) is 1. The van der Waals surface area contributed by atoms with Crippen LogP contribution in [0.2, 0.25) is 0 Å². The van der Waals surface area contributed by atoms with Gasteiger partial charge in [0.1, 0.15) is 0 Å². The van der Waals surface area contributed by atoms with Gasteiger partial charge in [-0.3, -0.25) is 4.79 Å². The lowest BCUT2D eigenvalue weighted by Crippen LogP contribution is -2.27. The average molecular weight is 342 g/mol. The molecule has 0 saturated carbocycles. The molecule has 1 aliphatic heterocycles. The molecule has 1 aromatic carbocycles. The van der Waals surface area contributed by atoms with Crippen LogP contribution in [0.1, 0.15) is 37.0 Å². The fraction of sp³-hybridized carbons (Fsp3) is 0.533. The highest BCUT2D eigenvalue weighted by Crippen LogP contribution is 2.37. The molecule has 0 spiro atoms. The van der Waals surface area contributed by atoms with E-state index in [1.54, 1.807) is 6.07 Å². The van der Waals surface area contributed by atoms with Crippen LogP contribution in [0.4, 0.5) is 0 Å². The van der Waals surface area contributed by atoms with Crippen molar-refractivity contribution in [2.45, 2.75) is 26.7 Å². The lowest BCUT2D eigenvalue weighted by Gasteiger charge is -2.18. The lowest BCUT2D eigenvalue weighted by molar-refractivity contribution is 0.0792. The van der Waals surface area contributed by atoms with Crippen molar-refractivity contribution in [3.8, 4) is 11.5 Å². The summed E-state index contributed by atoms with van der Waals surface area (Å²) in [6, 6.07) is 3.59. The Morgan fingerprint density at radius 3 is 2.45 bits per heavy atom. The summed E-state index contributed by atoms with van der Waals surface area (Å²) in [6.45, 7) is 6.61. The molecule has 0 aliphatic carbocycles. The molecular weight excluding hydrogens is 322 g/mol. The van der Waals surface area contributed by atoms with E-state index in [0.29, 0.717) is 30.3 Å². The molecule has 1 heterocycles. The van der Waals surface area contributed by atoms with Gasteiger partial charge in [-0.1, -0.05) is 0 Å². The number of benzene rings is 1. The van der Waals surface area contributed by atoms with Gasteiger partial charge < -0.3 is 14.4 Å². The molecule has 1 aromatic rings. The van der Waals surface area contributed by atoms with E-state index >= 15 is 0 Å². The van der Waals surface area contributed by atoms with Crippen LogP contribution in [0.25, 0.3) is 0 Å². The van der Waals surface area contributed by atoms with Gasteiger partial charge in [0, 0.05) is 18.7 Å². The highest BCUT2D eigenvalue weighted by atomic mass is 79.9. The van der Waals surface area contributed by atoms with Crippen LogP contribution < -0.4 is 9.47 Å². The lowest BCUT2D eigenvalue weighted by atomic mass is 10.1. The number of amides is 1. The van der Waals surface area contributed by atoms with E-state index in [4.69, 9.17) is 9.47 Å². The maximum atomic E-state index is 12.4. The van der Waals surface area contributed by atoms with Crippen molar-refractivity contribution in [1.29, 1.82) is 0 Å². The second-order valence-corrected chi connectivity index (χ2v) is 5.50. The van der Waals surface area contributed by atoms with Crippen LogP contribution in [0.15, 0.2) is 16.6 Å². The molecule has 0 unspecified atom stereocenters. The molecule has 0 atom stereocenters. The molecule has 5 heteroatoms. The topological polar surface area (TPSA) is 38.8 Å². The van der Waals surface area contributed by atoms with Gasteiger partial charge in [0.2, 0.25) is 0 Å². The van der Waals surface area contributed by atoms with Gasteiger partial charge in [-0.15, -0.1) is 0 Å². The minimum atomic E-state index is 0.0622. The second-order valence-electron chi connectivity index (χ2n) is 4.65. The molecule has 0 bridgehead atoms. The molecular formula is C15H20BrNO3. The van der Waals surface area contributed by atoms with Crippen molar-refractivity contribution in [3.05, 3.63) is 22.2 Å². The predicted octanol–water partition coefficient (Wildman–Crippen LogP) is 3.48. The van der Waals surface area contributed by atoms with Crippen molar-refractivity contribution in [1.82, 2.24) is 4.90 Å². The minimum absolute atomic E-state index is 0.0622. The molecule has 110 valence electrons. The second kappa shape index (κ2) is 6.97. The van der Waals surface area contributed by atoms with E-state index in [-0.39, 0.29) is 5.91 Å². The molecule has 0 aromatic heterocycles. The number of carbonyl (C=O) groups excluding carboxylic acids is 1. The molecule has 1 amide bonds. The van der Waals surface area contributed by atoms with E-state index in [9.17, 15) is 4.79 Å². The number of halogens is 1. The van der Waals surface area contributed by atoms with Crippen LogP contribution in [0.5, 0.6) is 11.5 Å². The summed E-state index contributed by atoms with van der Waals surface area (Å²) in [5, 5.41) is 0. The zero-order valence-electron chi connectivity index (χ0n) is 11.9. The van der Waals surface area contributed by atoms with Crippen molar-refractivity contribution < 1.29 is 14.3 Å². The Labute approximate surface area is 128 Å². The summed E-state index contributed by atoms with van der Waals surface area (Å²) in [6.07, 6.45) is 2.17. The Bertz CT molecular complexity index is 484. The number of rotatable bonds is 5. The van der Waals surface area contributed by atoms with E-state index in [0.717, 1.165) is 30.4 Å². The summed E-state index contributed by atoms with van der Waals surface area (Å²) in [5.74, 6) is 1.34. The Kier molecular flexibility index (Phi) is 5.29. The number of hydrogen-bond donors (Lipinski definition) is 0. The average Bonchev–Trinajstić information content (AvgIpc) is 2.96. The first-order chi connectivity index (χ1) is 9.67. The number of hydrogen-bond acceptors (Lipinski definition) is 3. The quantitative estimate of drug-likeness (QED) is 0.822. The van der Waals surface area contributed by atoms with E-state index in [2.05, 4.69) is 15.9 Å². The third kappa shape index (κ3) is 3.26. The molecule has 1 aliphatic rings. The van der Waals surface area contributed by atoms with Gasteiger partial charge >= 0.3 is 0 Å². The molecule has 1 fully saturated rings. The van der Waals surface area contributed by atoms with Crippen molar-refractivity contribution in [2.24, 2.45) is 0 Å². The summed E-state index contributed by atoms with van der Waals surface area (Å²) in [7, 11) is 0. The SMILES string of the molecule is CCOc1cc(C(=O)N2CCCC2)cc(Br)c1OCC. The normalized spacial score (nSPS) is 14.4. The Balaban J connectivity index is 2.31. The third-order valence-electron chi connectivity index (χ3n) is 3.24. The molecule has 0 radical (unpaired) electrons. The fourth-order valence-electron chi connectivity index (χ4n) is 2.34. The molecule has 1 saturated heterocycles. The van der Waals surface area contributed by atoms with Gasteiger partial charge in [0.05, 0.1) is 17.7 Å². The first kappa shape index (κ1) is 15.2. The van der Waals surface area contributed by atoms with Gasteiger partial charge in [-0.25, -0.2) is 0 Å². The molecule has 4 nitrogen and oxygen atoms in total. The van der Waals surface area contributed by atoms with E-state index < -0.39 is 0 Å².